The summed E-state index contributed by atoms with van der Waals surface area (Å²) in [5.74, 6) is 0.717. The highest BCUT2D eigenvalue weighted by Gasteiger charge is 2.18. The van der Waals surface area contributed by atoms with Crippen molar-refractivity contribution in [1.82, 2.24) is 5.32 Å². The van der Waals surface area contributed by atoms with Crippen molar-refractivity contribution in [2.75, 3.05) is 6.54 Å². The Labute approximate surface area is 97.9 Å². The van der Waals surface area contributed by atoms with Crippen LogP contribution in [0.15, 0.2) is 12.1 Å². The zero-order valence-corrected chi connectivity index (χ0v) is 11.2. The highest BCUT2D eigenvalue weighted by molar-refractivity contribution is 7.12. The summed E-state index contributed by atoms with van der Waals surface area (Å²) in [7, 11) is 0. The highest BCUT2D eigenvalue weighted by Crippen LogP contribution is 2.29. The molecule has 2 atom stereocenters. The Bertz CT molecular complexity index is 280. The largest absolute Gasteiger partial charge is 0.309 e. The van der Waals surface area contributed by atoms with Crippen molar-refractivity contribution >= 4 is 11.3 Å². The lowest BCUT2D eigenvalue weighted by Crippen LogP contribution is -2.26. The second-order valence-corrected chi connectivity index (χ2v) is 5.59. The predicted octanol–water partition coefficient (Wildman–Crippen LogP) is 4.14. The first-order valence-corrected chi connectivity index (χ1v) is 6.80. The number of hydrogen-bond donors (Lipinski definition) is 1. The van der Waals surface area contributed by atoms with Crippen LogP contribution >= 0.6 is 11.3 Å². The number of hydrogen-bond acceptors (Lipinski definition) is 2. The van der Waals surface area contributed by atoms with E-state index < -0.39 is 0 Å². The molecule has 2 heteroatoms. The molecule has 86 valence electrons. The monoisotopic (exact) mass is 225 g/mol. The van der Waals surface area contributed by atoms with Crippen LogP contribution in [0.1, 0.15) is 49.4 Å². The van der Waals surface area contributed by atoms with Crippen LogP contribution in [0.4, 0.5) is 0 Å². The van der Waals surface area contributed by atoms with Gasteiger partial charge in [0.25, 0.3) is 0 Å². The summed E-state index contributed by atoms with van der Waals surface area (Å²) in [6.45, 7) is 10.1. The molecule has 15 heavy (non-hydrogen) atoms. The normalized spacial score (nSPS) is 15.2. The average molecular weight is 225 g/mol. The van der Waals surface area contributed by atoms with E-state index in [1.54, 1.807) is 0 Å². The first-order valence-electron chi connectivity index (χ1n) is 5.98. The van der Waals surface area contributed by atoms with Gasteiger partial charge in [-0.2, -0.15) is 0 Å². The Balaban J connectivity index is 2.71. The molecule has 0 saturated carbocycles. The molecule has 0 aliphatic carbocycles. The van der Waals surface area contributed by atoms with Gasteiger partial charge in [-0.15, -0.1) is 11.3 Å². The van der Waals surface area contributed by atoms with Crippen molar-refractivity contribution < 1.29 is 0 Å². The fourth-order valence-corrected chi connectivity index (χ4v) is 2.82. The Morgan fingerprint density at radius 2 is 2.07 bits per heavy atom. The van der Waals surface area contributed by atoms with Crippen LogP contribution in [0, 0.1) is 12.8 Å². The molecule has 1 aromatic heterocycles. The Kier molecular flexibility index (Phi) is 5.34. The lowest BCUT2D eigenvalue weighted by Gasteiger charge is -2.23. The lowest BCUT2D eigenvalue weighted by atomic mass is 9.97. The maximum atomic E-state index is 3.66. The zero-order chi connectivity index (χ0) is 11.3. The van der Waals surface area contributed by atoms with Crippen LogP contribution in [-0.2, 0) is 0 Å². The number of thiophene rings is 1. The zero-order valence-electron chi connectivity index (χ0n) is 10.3. The molecule has 0 radical (unpaired) electrons. The molecule has 1 N–H and O–H groups in total. The molecule has 0 amide bonds. The van der Waals surface area contributed by atoms with Crippen LogP contribution in [0.3, 0.4) is 0 Å². The van der Waals surface area contributed by atoms with Crippen molar-refractivity contribution in [3.05, 3.63) is 21.9 Å². The van der Waals surface area contributed by atoms with Gasteiger partial charge in [0, 0.05) is 15.8 Å². The van der Waals surface area contributed by atoms with Gasteiger partial charge >= 0.3 is 0 Å². The minimum Gasteiger partial charge on any atom is -0.309 e. The van der Waals surface area contributed by atoms with E-state index in [-0.39, 0.29) is 0 Å². The third-order valence-corrected chi connectivity index (χ3v) is 3.98. The molecule has 0 aromatic carbocycles. The Morgan fingerprint density at radius 3 is 2.53 bits per heavy atom. The van der Waals surface area contributed by atoms with Gasteiger partial charge in [-0.05, 0) is 37.9 Å². The van der Waals surface area contributed by atoms with E-state index in [1.807, 2.05) is 11.3 Å². The second kappa shape index (κ2) is 6.29. The molecule has 0 saturated heterocycles. The second-order valence-electron chi connectivity index (χ2n) is 4.27. The molecule has 0 bridgehead atoms. The molecule has 0 fully saturated rings. The summed E-state index contributed by atoms with van der Waals surface area (Å²) in [5, 5.41) is 3.66. The van der Waals surface area contributed by atoms with Gasteiger partial charge < -0.3 is 5.32 Å². The van der Waals surface area contributed by atoms with Crippen molar-refractivity contribution in [2.24, 2.45) is 5.92 Å². The summed E-state index contributed by atoms with van der Waals surface area (Å²) in [6.07, 6.45) is 2.44. The van der Waals surface area contributed by atoms with E-state index in [2.05, 4.69) is 45.1 Å². The third kappa shape index (κ3) is 3.62. The molecule has 0 aliphatic heterocycles. The molecule has 1 heterocycles. The van der Waals surface area contributed by atoms with Gasteiger partial charge in [0.2, 0.25) is 0 Å². The quantitative estimate of drug-likeness (QED) is 0.767. The van der Waals surface area contributed by atoms with Crippen LogP contribution in [-0.4, -0.2) is 6.54 Å². The molecule has 1 nitrogen and oxygen atoms in total. The summed E-state index contributed by atoms with van der Waals surface area (Å²) in [4.78, 5) is 2.91. The van der Waals surface area contributed by atoms with Crippen molar-refractivity contribution in [3.8, 4) is 0 Å². The maximum absolute atomic E-state index is 3.66. The van der Waals surface area contributed by atoms with Crippen LogP contribution in [0.25, 0.3) is 0 Å². The van der Waals surface area contributed by atoms with Crippen molar-refractivity contribution in [3.63, 3.8) is 0 Å². The van der Waals surface area contributed by atoms with Crippen LogP contribution in [0.2, 0.25) is 0 Å². The fraction of sp³-hybridized carbons (Fsp3) is 0.692. The fourth-order valence-electron chi connectivity index (χ4n) is 1.74. The number of rotatable bonds is 6. The van der Waals surface area contributed by atoms with Crippen LogP contribution < -0.4 is 5.32 Å². The van der Waals surface area contributed by atoms with E-state index in [0.717, 1.165) is 12.5 Å². The van der Waals surface area contributed by atoms with Gasteiger partial charge in [0.05, 0.1) is 0 Å². The first kappa shape index (κ1) is 12.7. The summed E-state index contributed by atoms with van der Waals surface area (Å²) >= 11 is 1.93. The first-order chi connectivity index (χ1) is 7.19. The average Bonchev–Trinajstić information content (AvgIpc) is 2.65. The standard InChI is InChI=1S/C13H23NS/c1-5-9-14-13(10(3)6-2)12-8-7-11(4)15-12/h7-8,10,13-14H,5-6,9H2,1-4H3. The summed E-state index contributed by atoms with van der Waals surface area (Å²) < 4.78 is 0. The van der Waals surface area contributed by atoms with E-state index in [4.69, 9.17) is 0 Å². The molecule has 2 unspecified atom stereocenters. The van der Waals surface area contributed by atoms with Gasteiger partial charge in [0.15, 0.2) is 0 Å². The molecule has 0 aliphatic rings. The van der Waals surface area contributed by atoms with Gasteiger partial charge in [-0.1, -0.05) is 27.2 Å². The number of nitrogens with one attached hydrogen (secondary N) is 1. The van der Waals surface area contributed by atoms with Crippen molar-refractivity contribution in [1.29, 1.82) is 0 Å². The van der Waals surface area contributed by atoms with Crippen molar-refractivity contribution in [2.45, 2.75) is 46.6 Å². The minimum absolute atomic E-state index is 0.550. The molecule has 0 spiro atoms. The minimum atomic E-state index is 0.550. The molecule has 1 rings (SSSR count). The van der Waals surface area contributed by atoms with E-state index in [1.165, 1.54) is 22.6 Å². The SMILES string of the molecule is CCCNC(c1ccc(C)s1)C(C)CC. The Morgan fingerprint density at radius 1 is 1.33 bits per heavy atom. The maximum Gasteiger partial charge on any atom is 0.0440 e. The smallest absolute Gasteiger partial charge is 0.0440 e. The summed E-state index contributed by atoms with van der Waals surface area (Å²) in [6, 6.07) is 5.05. The number of aryl methyl sites for hydroxylation is 1. The molecular formula is C13H23NS. The van der Waals surface area contributed by atoms with E-state index in [0.29, 0.717) is 6.04 Å². The van der Waals surface area contributed by atoms with Gasteiger partial charge in [0.1, 0.15) is 0 Å². The van der Waals surface area contributed by atoms with Gasteiger partial charge in [-0.3, -0.25) is 0 Å². The lowest BCUT2D eigenvalue weighted by molar-refractivity contribution is 0.382. The van der Waals surface area contributed by atoms with Crippen LogP contribution in [0.5, 0.6) is 0 Å². The van der Waals surface area contributed by atoms with Gasteiger partial charge in [-0.25, -0.2) is 0 Å². The third-order valence-electron chi connectivity index (χ3n) is 2.89. The molecule has 1 aromatic rings. The van der Waals surface area contributed by atoms with E-state index in [9.17, 15) is 0 Å². The predicted molar refractivity (Wildman–Crippen MR) is 69.5 cm³/mol. The van der Waals surface area contributed by atoms with E-state index >= 15 is 0 Å². The molecular weight excluding hydrogens is 202 g/mol. The summed E-state index contributed by atoms with van der Waals surface area (Å²) in [5.41, 5.74) is 0. The highest BCUT2D eigenvalue weighted by atomic mass is 32.1. The Hall–Kier alpha value is -0.340. The topological polar surface area (TPSA) is 12.0 Å².